The third kappa shape index (κ3) is 9.82. The molecule has 0 atom stereocenters. The molecule has 17 nitrogen and oxygen atoms in total. The number of carbonyl (C=O) groups is 2. The van der Waals surface area contributed by atoms with E-state index in [0.29, 0.717) is 34.5 Å². The van der Waals surface area contributed by atoms with Crippen LogP contribution >= 0.6 is 0 Å². The first-order valence-electron chi connectivity index (χ1n) is 21.1. The summed E-state index contributed by atoms with van der Waals surface area (Å²) < 4.78 is 11.8. The van der Waals surface area contributed by atoms with Gasteiger partial charge in [0.25, 0.3) is 0 Å². The number of carbonyl (C=O) groups excluding carboxylic acids is 2. The molecule has 17 heteroatoms. The van der Waals surface area contributed by atoms with Crippen molar-refractivity contribution in [3.05, 3.63) is 170 Å². The predicted molar refractivity (Wildman–Crippen MR) is 266 cm³/mol. The summed E-state index contributed by atoms with van der Waals surface area (Å²) in [4.78, 5) is 32.8. The van der Waals surface area contributed by atoms with E-state index in [-0.39, 0.29) is 6.03 Å². The lowest BCUT2D eigenvalue weighted by atomic mass is 10.0. The molecule has 6 aromatic carbocycles. The summed E-state index contributed by atoms with van der Waals surface area (Å²) in [6.45, 7) is 0. The molecular weight excluding hydrogens is 859 g/mol. The number of amides is 4. The van der Waals surface area contributed by atoms with Crippen LogP contribution in [-0.4, -0.2) is 49.5 Å². The second-order valence-electron chi connectivity index (χ2n) is 15.1. The highest BCUT2D eigenvalue weighted by molar-refractivity contribution is 6.03. The summed E-state index contributed by atoms with van der Waals surface area (Å²) in [5, 5.41) is 23.7. The number of anilines is 4. The Morgan fingerprint density at radius 2 is 0.853 bits per heavy atom. The SMILES string of the molecule is CNC(=O)Nc1ccc(-c2cc3[nH]nc(N)c3c(-c3ccc(Oc4ccccc4)cc3)n2)cc1.NNC(=O)Nc1ccc(-c2cc3[nH]nc(N)c3c(-c3ccc(Oc4ccccc4)cc3)n2)cc1. The lowest BCUT2D eigenvalue weighted by Crippen LogP contribution is -2.34. The highest BCUT2D eigenvalue weighted by Gasteiger charge is 2.17. The molecule has 10 aromatic rings. The number of hydrogen-bond acceptors (Lipinski definition) is 11. The van der Waals surface area contributed by atoms with Gasteiger partial charge in [-0.1, -0.05) is 60.7 Å². The maximum atomic E-state index is 11.5. The molecule has 0 radical (unpaired) electrons. The molecule has 0 fully saturated rings. The number of benzene rings is 6. The molecule has 0 unspecified atom stereocenters. The Hall–Kier alpha value is -9.74. The van der Waals surface area contributed by atoms with Gasteiger partial charge < -0.3 is 36.9 Å². The van der Waals surface area contributed by atoms with Gasteiger partial charge in [-0.2, -0.15) is 10.2 Å². The Morgan fingerprint density at radius 3 is 1.24 bits per heavy atom. The van der Waals surface area contributed by atoms with E-state index in [1.165, 1.54) is 0 Å². The first-order valence-corrected chi connectivity index (χ1v) is 21.1. The molecule has 4 amide bonds. The number of aromatic nitrogens is 6. The zero-order valence-corrected chi connectivity index (χ0v) is 36.3. The van der Waals surface area contributed by atoms with E-state index in [1.807, 2.05) is 163 Å². The predicted octanol–water partition coefficient (Wildman–Crippen LogP) is 10.1. The van der Waals surface area contributed by atoms with Crippen molar-refractivity contribution in [3.63, 3.8) is 0 Å². The Kier molecular flexibility index (Phi) is 12.5. The van der Waals surface area contributed by atoms with Crippen LogP contribution in [0, 0.1) is 0 Å². The second kappa shape index (κ2) is 19.6. The molecule has 4 aromatic heterocycles. The Bertz CT molecular complexity index is 3120. The topological polar surface area (TPSA) is 262 Å². The summed E-state index contributed by atoms with van der Waals surface area (Å²) in [7, 11) is 1.57. The lowest BCUT2D eigenvalue weighted by Gasteiger charge is -2.10. The summed E-state index contributed by atoms with van der Waals surface area (Å²) in [6.07, 6.45) is 0. The van der Waals surface area contributed by atoms with Gasteiger partial charge >= 0.3 is 12.1 Å². The van der Waals surface area contributed by atoms with Crippen molar-refractivity contribution in [2.24, 2.45) is 5.84 Å². The smallest absolute Gasteiger partial charge is 0.333 e. The molecule has 0 saturated heterocycles. The highest BCUT2D eigenvalue weighted by Crippen LogP contribution is 2.37. The third-order valence-electron chi connectivity index (χ3n) is 10.6. The van der Waals surface area contributed by atoms with Gasteiger partial charge in [0.15, 0.2) is 11.6 Å². The first-order chi connectivity index (χ1) is 33.2. The lowest BCUT2D eigenvalue weighted by molar-refractivity contribution is 0.252. The summed E-state index contributed by atoms with van der Waals surface area (Å²) in [5.41, 5.74) is 23.6. The fourth-order valence-corrected chi connectivity index (χ4v) is 7.27. The van der Waals surface area contributed by atoms with E-state index in [1.54, 1.807) is 19.2 Å². The first kappa shape index (κ1) is 43.5. The van der Waals surface area contributed by atoms with Crippen molar-refractivity contribution in [1.29, 1.82) is 0 Å². The number of nitrogen functional groups attached to an aromatic ring is 2. The number of hydrazine groups is 1. The molecular formula is C51H43N13O4. The van der Waals surface area contributed by atoms with Crippen LogP contribution in [0.5, 0.6) is 23.0 Å². The van der Waals surface area contributed by atoms with Gasteiger partial charge in [0.2, 0.25) is 0 Å². The van der Waals surface area contributed by atoms with Crippen molar-refractivity contribution in [3.8, 4) is 68.0 Å². The number of nitrogens with two attached hydrogens (primary N) is 3. The van der Waals surface area contributed by atoms with Gasteiger partial charge in [-0.15, -0.1) is 0 Å². The molecule has 0 saturated carbocycles. The summed E-state index contributed by atoms with van der Waals surface area (Å²) >= 11 is 0. The minimum atomic E-state index is -0.498. The molecule has 12 N–H and O–H groups in total. The normalized spacial score (nSPS) is 10.7. The molecule has 68 heavy (non-hydrogen) atoms. The molecule has 0 aliphatic rings. The van der Waals surface area contributed by atoms with Crippen LogP contribution < -0.4 is 48.2 Å². The Labute approximate surface area is 388 Å². The molecule has 0 aliphatic heterocycles. The van der Waals surface area contributed by atoms with Crippen molar-refractivity contribution in [1.82, 2.24) is 41.1 Å². The minimum absolute atomic E-state index is 0.276. The largest absolute Gasteiger partial charge is 0.457 e. The fraction of sp³-hybridized carbons (Fsp3) is 0.0196. The third-order valence-corrected chi connectivity index (χ3v) is 10.6. The number of rotatable bonds is 10. The Balaban J connectivity index is 0.000000170. The van der Waals surface area contributed by atoms with Gasteiger partial charge in [-0.3, -0.25) is 15.6 Å². The number of para-hydroxylation sites is 2. The second-order valence-corrected chi connectivity index (χ2v) is 15.1. The van der Waals surface area contributed by atoms with Gasteiger partial charge in [0.05, 0.1) is 44.6 Å². The quantitative estimate of drug-likeness (QED) is 0.0354. The van der Waals surface area contributed by atoms with Gasteiger partial charge in [0, 0.05) is 40.7 Å². The maximum Gasteiger partial charge on any atom is 0.333 e. The summed E-state index contributed by atoms with van der Waals surface area (Å²) in [6, 6.07) is 52.3. The number of ether oxygens (including phenoxy) is 2. The standard InChI is InChI=1S/C26H22N6O2.C25H21N7O2/c1-28-26(33)29-18-11-7-16(8-12-18)21-15-22-23(25(27)32-31-22)24(30-21)17-9-13-20(14-10-17)34-19-5-3-2-4-6-19;26-24-22-21(31-32-24)14-20(15-6-10-17(11-7-15)28-25(33)30-27)29-23(22)16-8-12-19(13-9-16)34-18-4-2-1-3-5-18/h2-15H,1H3,(H3,27,31,32)(H2,28,29,33);1-14H,27H2,(H3,26,31,32)(H2,28,30,33). The van der Waals surface area contributed by atoms with Gasteiger partial charge in [-0.25, -0.2) is 25.4 Å². The average Bonchev–Trinajstić information content (AvgIpc) is 3.96. The number of nitrogens with one attached hydrogen (secondary N) is 6. The van der Waals surface area contributed by atoms with Crippen LogP contribution in [0.4, 0.5) is 32.6 Å². The number of hydrogen-bond donors (Lipinski definition) is 9. The zero-order chi connectivity index (χ0) is 47.0. The van der Waals surface area contributed by atoms with Crippen LogP contribution in [0.3, 0.4) is 0 Å². The van der Waals surface area contributed by atoms with Crippen LogP contribution in [0.1, 0.15) is 0 Å². The van der Waals surface area contributed by atoms with Crippen LogP contribution in [0.25, 0.3) is 66.8 Å². The van der Waals surface area contributed by atoms with E-state index in [4.69, 9.17) is 36.8 Å². The van der Waals surface area contributed by atoms with Crippen molar-refractivity contribution in [2.75, 3.05) is 29.1 Å². The highest BCUT2D eigenvalue weighted by atomic mass is 16.5. The van der Waals surface area contributed by atoms with Crippen molar-refractivity contribution >= 4 is 56.9 Å². The van der Waals surface area contributed by atoms with E-state index in [0.717, 1.165) is 78.4 Å². The minimum Gasteiger partial charge on any atom is -0.457 e. The molecule has 4 heterocycles. The van der Waals surface area contributed by atoms with Crippen LogP contribution in [0.15, 0.2) is 170 Å². The number of nitrogens with zero attached hydrogens (tertiary/aromatic N) is 4. The van der Waals surface area contributed by atoms with Crippen molar-refractivity contribution < 1.29 is 19.1 Å². The van der Waals surface area contributed by atoms with E-state index in [9.17, 15) is 9.59 Å². The fourth-order valence-electron chi connectivity index (χ4n) is 7.27. The van der Waals surface area contributed by atoms with E-state index < -0.39 is 6.03 Å². The van der Waals surface area contributed by atoms with Crippen molar-refractivity contribution in [2.45, 2.75) is 0 Å². The number of aromatic amines is 2. The number of urea groups is 2. The molecule has 0 aliphatic carbocycles. The van der Waals surface area contributed by atoms with Crippen LogP contribution in [0.2, 0.25) is 0 Å². The average molecular weight is 902 g/mol. The number of fused-ring (bicyclic) bond motifs is 2. The van der Waals surface area contributed by atoms with E-state index >= 15 is 0 Å². The van der Waals surface area contributed by atoms with E-state index in [2.05, 4.69) is 36.3 Å². The molecule has 0 spiro atoms. The number of pyridine rings is 2. The summed E-state index contributed by atoms with van der Waals surface area (Å²) in [5.74, 6) is 8.85. The molecule has 336 valence electrons. The van der Waals surface area contributed by atoms with Crippen LogP contribution in [-0.2, 0) is 0 Å². The number of H-pyrrole nitrogens is 2. The Morgan fingerprint density at radius 1 is 0.485 bits per heavy atom. The molecule has 10 rings (SSSR count). The molecule has 0 bridgehead atoms. The monoisotopic (exact) mass is 901 g/mol. The zero-order valence-electron chi connectivity index (χ0n) is 36.3. The van der Waals surface area contributed by atoms with Gasteiger partial charge in [0.1, 0.15) is 23.0 Å². The van der Waals surface area contributed by atoms with Gasteiger partial charge in [-0.05, 0) is 109 Å². The maximum absolute atomic E-state index is 11.5.